The van der Waals surface area contributed by atoms with Crippen LogP contribution in [0.4, 0.5) is 0 Å². The van der Waals surface area contributed by atoms with E-state index in [-0.39, 0.29) is 11.7 Å². The van der Waals surface area contributed by atoms with Crippen molar-refractivity contribution in [1.82, 2.24) is 5.43 Å². The molecule has 0 fully saturated rings. The predicted molar refractivity (Wildman–Crippen MR) is 129 cm³/mol. The molecule has 176 valence electrons. The number of hydrogen-bond donors (Lipinski definition) is 1. The average Bonchev–Trinajstić information content (AvgIpc) is 3.18. The van der Waals surface area contributed by atoms with Crippen molar-refractivity contribution in [3.63, 3.8) is 0 Å². The Labute approximate surface area is 202 Å². The topological polar surface area (TPSA) is 90.1 Å². The van der Waals surface area contributed by atoms with Crippen molar-refractivity contribution in [3.8, 4) is 11.5 Å². The zero-order valence-corrected chi connectivity index (χ0v) is 20.2. The molecular formula is C26H25ClN2O5. The maximum Gasteiger partial charge on any atom is 0.379 e. The lowest BCUT2D eigenvalue weighted by Gasteiger charge is -2.14. The number of hydrazone groups is 1. The fourth-order valence-electron chi connectivity index (χ4n) is 4.10. The number of nitrogens with zero attached hydrogens (tertiary/aromatic N) is 1. The number of nitrogens with one attached hydrogen (secondary N) is 1. The summed E-state index contributed by atoms with van der Waals surface area (Å²) in [6.07, 6.45) is 2.10. The lowest BCUT2D eigenvalue weighted by atomic mass is 9.93. The number of rotatable bonds is 5. The Kier molecular flexibility index (Phi) is 6.75. The van der Waals surface area contributed by atoms with E-state index in [1.54, 1.807) is 43.3 Å². The molecule has 0 bridgehead atoms. The fourth-order valence-corrected chi connectivity index (χ4v) is 4.21. The van der Waals surface area contributed by atoms with Crippen LogP contribution in [-0.4, -0.2) is 24.7 Å². The quantitative estimate of drug-likeness (QED) is 0.293. The maximum atomic E-state index is 12.9. The molecule has 8 heteroatoms. The lowest BCUT2D eigenvalue weighted by Crippen LogP contribution is -2.22. The van der Waals surface area contributed by atoms with Gasteiger partial charge in [-0.1, -0.05) is 23.7 Å². The minimum Gasteiger partial charge on any atom is -0.496 e. The van der Waals surface area contributed by atoms with Crippen LogP contribution in [0.5, 0.6) is 11.5 Å². The Morgan fingerprint density at radius 3 is 2.50 bits per heavy atom. The third kappa shape index (κ3) is 4.56. The van der Waals surface area contributed by atoms with Crippen molar-refractivity contribution in [2.45, 2.75) is 40.0 Å². The van der Waals surface area contributed by atoms with Gasteiger partial charge in [-0.05, 0) is 69.0 Å². The molecule has 0 spiro atoms. The number of para-hydroxylation sites is 1. The first-order valence-electron chi connectivity index (χ1n) is 10.9. The van der Waals surface area contributed by atoms with E-state index in [1.165, 1.54) is 7.11 Å². The Morgan fingerprint density at radius 1 is 1.09 bits per heavy atom. The van der Waals surface area contributed by atoms with Crippen LogP contribution in [0.2, 0.25) is 5.02 Å². The number of hydrogen-bond acceptors (Lipinski definition) is 6. The van der Waals surface area contributed by atoms with E-state index in [2.05, 4.69) is 10.5 Å². The minimum atomic E-state index is -0.592. The highest BCUT2D eigenvalue weighted by atomic mass is 35.5. The molecule has 1 heterocycles. The van der Waals surface area contributed by atoms with Crippen LogP contribution in [-0.2, 0) is 6.42 Å². The molecule has 0 unspecified atom stereocenters. The first kappa shape index (κ1) is 23.6. The normalized spacial score (nSPS) is 14.0. The molecule has 1 aromatic heterocycles. The minimum absolute atomic E-state index is 0.126. The van der Waals surface area contributed by atoms with Gasteiger partial charge in [0.25, 0.3) is 5.91 Å². The van der Waals surface area contributed by atoms with Gasteiger partial charge in [0.1, 0.15) is 17.3 Å². The first-order valence-corrected chi connectivity index (χ1v) is 11.3. The average molecular weight is 481 g/mol. The molecule has 0 radical (unpaired) electrons. The summed E-state index contributed by atoms with van der Waals surface area (Å²) >= 11 is 6.21. The molecule has 2 aromatic carbocycles. The first-order chi connectivity index (χ1) is 16.3. The van der Waals surface area contributed by atoms with Crippen LogP contribution in [0.3, 0.4) is 0 Å². The van der Waals surface area contributed by atoms with E-state index in [0.717, 1.165) is 23.1 Å². The molecule has 0 aliphatic heterocycles. The molecular weight excluding hydrogens is 456 g/mol. The standard InChI is InChI=1S/C26H25ClN2O5/c1-14-12-17(13-15(2)23(14)27)33-26(31)24-16(3)22-19(9-7-11-21(22)34-24)28-29-25(30)18-8-5-6-10-20(18)32-4/h5-6,8,10,12-13H,7,9,11H2,1-4H3,(H,29,30)/b28-19+. The smallest absolute Gasteiger partial charge is 0.379 e. The molecule has 1 aliphatic rings. The second-order valence-corrected chi connectivity index (χ2v) is 8.55. The largest absolute Gasteiger partial charge is 0.496 e. The number of aryl methyl sites for hydroxylation is 3. The van der Waals surface area contributed by atoms with Gasteiger partial charge >= 0.3 is 5.97 Å². The number of halogens is 1. The van der Waals surface area contributed by atoms with E-state index in [0.29, 0.717) is 52.0 Å². The summed E-state index contributed by atoms with van der Waals surface area (Å²) in [6, 6.07) is 10.3. The number of ether oxygens (including phenoxy) is 2. The number of carbonyl (C=O) groups is 2. The van der Waals surface area contributed by atoms with Crippen LogP contribution < -0.4 is 14.9 Å². The highest BCUT2D eigenvalue weighted by molar-refractivity contribution is 6.32. The number of amides is 1. The number of fused-ring (bicyclic) bond motifs is 1. The van der Waals surface area contributed by atoms with Gasteiger partial charge < -0.3 is 13.9 Å². The summed E-state index contributed by atoms with van der Waals surface area (Å²) in [5.74, 6) is 0.667. The van der Waals surface area contributed by atoms with Crippen LogP contribution in [0.1, 0.15) is 61.8 Å². The van der Waals surface area contributed by atoms with Gasteiger partial charge in [0, 0.05) is 22.6 Å². The summed E-state index contributed by atoms with van der Waals surface area (Å²) in [4.78, 5) is 25.6. The number of furan rings is 1. The third-order valence-electron chi connectivity index (χ3n) is 5.78. The number of methoxy groups -OCH3 is 1. The molecule has 3 aromatic rings. The molecule has 1 aliphatic carbocycles. The molecule has 0 saturated carbocycles. The highest BCUT2D eigenvalue weighted by Gasteiger charge is 2.29. The van der Waals surface area contributed by atoms with E-state index in [1.807, 2.05) is 13.8 Å². The van der Waals surface area contributed by atoms with E-state index < -0.39 is 5.97 Å². The van der Waals surface area contributed by atoms with Crippen molar-refractivity contribution >= 4 is 29.2 Å². The molecule has 34 heavy (non-hydrogen) atoms. The van der Waals surface area contributed by atoms with E-state index >= 15 is 0 Å². The molecule has 4 rings (SSSR count). The summed E-state index contributed by atoms with van der Waals surface area (Å²) in [7, 11) is 1.51. The van der Waals surface area contributed by atoms with Gasteiger partial charge in [-0.25, -0.2) is 10.2 Å². The monoisotopic (exact) mass is 480 g/mol. The fraction of sp³-hybridized carbons (Fsp3) is 0.269. The van der Waals surface area contributed by atoms with E-state index in [4.69, 9.17) is 25.5 Å². The number of esters is 1. The molecule has 0 saturated heterocycles. The van der Waals surface area contributed by atoms with Crippen LogP contribution in [0.15, 0.2) is 45.9 Å². The van der Waals surface area contributed by atoms with Gasteiger partial charge in [0.2, 0.25) is 5.76 Å². The zero-order valence-electron chi connectivity index (χ0n) is 19.5. The third-order valence-corrected chi connectivity index (χ3v) is 6.37. The highest BCUT2D eigenvalue weighted by Crippen LogP contribution is 2.32. The van der Waals surface area contributed by atoms with Gasteiger partial charge in [0.05, 0.1) is 18.4 Å². The Hall–Kier alpha value is -3.58. The van der Waals surface area contributed by atoms with Crippen molar-refractivity contribution < 1.29 is 23.5 Å². The summed E-state index contributed by atoms with van der Waals surface area (Å²) in [5, 5.41) is 5.00. The van der Waals surface area contributed by atoms with Crippen molar-refractivity contribution in [1.29, 1.82) is 0 Å². The number of benzene rings is 2. The Balaban J connectivity index is 1.58. The van der Waals surface area contributed by atoms with Crippen molar-refractivity contribution in [2.24, 2.45) is 5.10 Å². The molecule has 0 atom stereocenters. The Morgan fingerprint density at radius 2 is 1.79 bits per heavy atom. The second-order valence-electron chi connectivity index (χ2n) is 8.17. The second kappa shape index (κ2) is 9.73. The van der Waals surface area contributed by atoms with Crippen molar-refractivity contribution in [3.05, 3.63) is 80.8 Å². The molecule has 1 N–H and O–H groups in total. The van der Waals surface area contributed by atoms with Gasteiger partial charge in [-0.2, -0.15) is 5.10 Å². The molecule has 1 amide bonds. The zero-order chi connectivity index (χ0) is 24.4. The molecule has 7 nitrogen and oxygen atoms in total. The predicted octanol–water partition coefficient (Wildman–Crippen LogP) is 5.56. The van der Waals surface area contributed by atoms with Crippen LogP contribution >= 0.6 is 11.6 Å². The summed E-state index contributed by atoms with van der Waals surface area (Å²) in [5.41, 5.74) is 6.65. The van der Waals surface area contributed by atoms with Gasteiger partial charge in [0.15, 0.2) is 0 Å². The van der Waals surface area contributed by atoms with Crippen LogP contribution in [0, 0.1) is 20.8 Å². The summed E-state index contributed by atoms with van der Waals surface area (Å²) < 4.78 is 16.7. The lowest BCUT2D eigenvalue weighted by molar-refractivity contribution is 0.0698. The maximum absolute atomic E-state index is 12.9. The van der Waals surface area contributed by atoms with Crippen molar-refractivity contribution in [2.75, 3.05) is 7.11 Å². The SMILES string of the molecule is COc1ccccc1C(=O)N/N=C1\CCCc2oc(C(=O)Oc3cc(C)c(Cl)c(C)c3)c(C)c21. The van der Waals surface area contributed by atoms with Crippen LogP contribution in [0.25, 0.3) is 0 Å². The van der Waals surface area contributed by atoms with Gasteiger partial charge in [-0.15, -0.1) is 0 Å². The van der Waals surface area contributed by atoms with Gasteiger partial charge in [-0.3, -0.25) is 4.79 Å². The van der Waals surface area contributed by atoms with E-state index in [9.17, 15) is 9.59 Å². The summed E-state index contributed by atoms with van der Waals surface area (Å²) in [6.45, 7) is 5.50. The number of carbonyl (C=O) groups excluding carboxylic acids is 2. The Bertz CT molecular complexity index is 1290.